The number of hydrogen-bond donors (Lipinski definition) is 2. The highest BCUT2D eigenvalue weighted by molar-refractivity contribution is 5.19. The topological polar surface area (TPSA) is 40.5 Å². The van der Waals surface area contributed by atoms with Gasteiger partial charge in [-0.2, -0.15) is 0 Å². The molecule has 1 aromatic carbocycles. The van der Waals surface area contributed by atoms with Gasteiger partial charge < -0.3 is 10.2 Å². The summed E-state index contributed by atoms with van der Waals surface area (Å²) in [6.45, 7) is 1.22. The summed E-state index contributed by atoms with van der Waals surface area (Å²) >= 11 is 0. The molecule has 0 aliphatic carbocycles. The van der Waals surface area contributed by atoms with Gasteiger partial charge in [0, 0.05) is 5.56 Å². The van der Waals surface area contributed by atoms with Crippen LogP contribution in [0, 0.1) is 5.82 Å². The summed E-state index contributed by atoms with van der Waals surface area (Å²) in [5.74, 6) is -2.27. The van der Waals surface area contributed by atoms with Crippen molar-refractivity contribution in [1.82, 2.24) is 0 Å². The van der Waals surface area contributed by atoms with Gasteiger partial charge in [0.05, 0.1) is 0 Å². The van der Waals surface area contributed by atoms with Crippen LogP contribution >= 0.6 is 0 Å². The van der Waals surface area contributed by atoms with Crippen molar-refractivity contribution in [2.45, 2.75) is 12.7 Å². The van der Waals surface area contributed by atoms with Gasteiger partial charge in [0.1, 0.15) is 5.82 Å². The smallest absolute Gasteiger partial charge is 0.186 e. The molecule has 1 aromatic rings. The first kappa shape index (κ1) is 8.17. The van der Waals surface area contributed by atoms with E-state index >= 15 is 0 Å². The van der Waals surface area contributed by atoms with E-state index in [9.17, 15) is 4.39 Å². The van der Waals surface area contributed by atoms with E-state index in [1.807, 2.05) is 0 Å². The van der Waals surface area contributed by atoms with Crippen LogP contribution in [-0.2, 0) is 5.79 Å². The molecule has 0 heterocycles. The van der Waals surface area contributed by atoms with Crippen LogP contribution in [0.25, 0.3) is 0 Å². The van der Waals surface area contributed by atoms with Crippen molar-refractivity contribution in [1.29, 1.82) is 0 Å². The van der Waals surface area contributed by atoms with E-state index in [0.717, 1.165) is 0 Å². The summed E-state index contributed by atoms with van der Waals surface area (Å²) in [5.41, 5.74) is 0.277. The molecule has 11 heavy (non-hydrogen) atoms. The highest BCUT2D eigenvalue weighted by atomic mass is 19.1. The largest absolute Gasteiger partial charge is 0.362 e. The fourth-order valence-corrected chi connectivity index (χ4v) is 0.766. The zero-order valence-electron chi connectivity index (χ0n) is 6.08. The number of benzene rings is 1. The van der Waals surface area contributed by atoms with E-state index in [2.05, 4.69) is 0 Å². The van der Waals surface area contributed by atoms with Gasteiger partial charge in [-0.1, -0.05) is 12.1 Å². The lowest BCUT2D eigenvalue weighted by molar-refractivity contribution is -0.152. The van der Waals surface area contributed by atoms with Crippen molar-refractivity contribution in [3.05, 3.63) is 35.6 Å². The van der Waals surface area contributed by atoms with Crippen molar-refractivity contribution in [2.24, 2.45) is 0 Å². The van der Waals surface area contributed by atoms with E-state index in [1.165, 1.54) is 31.2 Å². The molecule has 0 spiro atoms. The van der Waals surface area contributed by atoms with Crippen molar-refractivity contribution in [3.63, 3.8) is 0 Å². The van der Waals surface area contributed by atoms with Crippen LogP contribution in [0.4, 0.5) is 4.39 Å². The third-order valence-electron chi connectivity index (χ3n) is 1.39. The van der Waals surface area contributed by atoms with Crippen molar-refractivity contribution in [3.8, 4) is 0 Å². The second-order valence-electron chi connectivity index (χ2n) is 2.53. The molecule has 1 rings (SSSR count). The first-order valence-corrected chi connectivity index (χ1v) is 3.21. The van der Waals surface area contributed by atoms with Gasteiger partial charge in [0.25, 0.3) is 0 Å². The Balaban J connectivity index is 2.99. The standard InChI is InChI=1S/C8H9FO2/c1-8(10,11)6-2-4-7(9)5-3-6/h2-5,10-11H,1H3. The predicted octanol–water partition coefficient (Wildman–Crippen LogP) is 0.983. The molecular formula is C8H9FO2. The first-order valence-electron chi connectivity index (χ1n) is 3.21. The lowest BCUT2D eigenvalue weighted by atomic mass is 10.1. The second-order valence-corrected chi connectivity index (χ2v) is 2.53. The van der Waals surface area contributed by atoms with Gasteiger partial charge in [-0.05, 0) is 19.1 Å². The zero-order valence-corrected chi connectivity index (χ0v) is 6.08. The molecule has 3 heteroatoms. The Morgan fingerprint density at radius 2 is 1.64 bits per heavy atom. The molecular weight excluding hydrogens is 147 g/mol. The molecule has 0 aliphatic heterocycles. The van der Waals surface area contributed by atoms with E-state index < -0.39 is 11.6 Å². The summed E-state index contributed by atoms with van der Waals surface area (Å²) in [5, 5.41) is 18.0. The molecule has 0 radical (unpaired) electrons. The molecule has 0 saturated heterocycles. The minimum absolute atomic E-state index is 0.277. The summed E-state index contributed by atoms with van der Waals surface area (Å²) in [7, 11) is 0. The van der Waals surface area contributed by atoms with Crippen molar-refractivity contribution >= 4 is 0 Å². The van der Waals surface area contributed by atoms with Gasteiger partial charge in [0.2, 0.25) is 0 Å². The Hall–Kier alpha value is -0.930. The molecule has 2 N–H and O–H groups in total. The van der Waals surface area contributed by atoms with Gasteiger partial charge in [0.15, 0.2) is 5.79 Å². The van der Waals surface area contributed by atoms with Crippen LogP contribution in [0.3, 0.4) is 0 Å². The molecule has 0 atom stereocenters. The van der Waals surface area contributed by atoms with E-state index in [-0.39, 0.29) is 5.56 Å². The zero-order chi connectivity index (χ0) is 8.48. The van der Waals surface area contributed by atoms with Gasteiger partial charge in [-0.3, -0.25) is 0 Å². The molecule has 0 saturated carbocycles. The maximum Gasteiger partial charge on any atom is 0.186 e. The molecule has 2 nitrogen and oxygen atoms in total. The Bertz CT molecular complexity index is 235. The predicted molar refractivity (Wildman–Crippen MR) is 38.2 cm³/mol. The average molecular weight is 156 g/mol. The molecule has 0 unspecified atom stereocenters. The van der Waals surface area contributed by atoms with Crippen molar-refractivity contribution in [2.75, 3.05) is 0 Å². The van der Waals surface area contributed by atoms with Crippen LogP contribution in [0.15, 0.2) is 24.3 Å². The Kier molecular flexibility index (Phi) is 1.93. The summed E-state index contributed by atoms with van der Waals surface area (Å²) in [6, 6.07) is 5.02. The molecule has 0 fully saturated rings. The number of hydrogen-bond acceptors (Lipinski definition) is 2. The Morgan fingerprint density at radius 3 is 2.00 bits per heavy atom. The Labute approximate surface area is 63.9 Å². The van der Waals surface area contributed by atoms with Gasteiger partial charge in [-0.25, -0.2) is 4.39 Å². The molecule has 0 bridgehead atoms. The van der Waals surface area contributed by atoms with Crippen molar-refractivity contribution < 1.29 is 14.6 Å². The molecule has 0 aliphatic rings. The van der Waals surface area contributed by atoms with Crippen LogP contribution in [0.2, 0.25) is 0 Å². The van der Waals surface area contributed by atoms with Crippen LogP contribution in [0.5, 0.6) is 0 Å². The van der Waals surface area contributed by atoms with Gasteiger partial charge in [-0.15, -0.1) is 0 Å². The lowest BCUT2D eigenvalue weighted by Crippen LogP contribution is -2.19. The van der Waals surface area contributed by atoms with Crippen LogP contribution in [0.1, 0.15) is 12.5 Å². The monoisotopic (exact) mass is 156 g/mol. The quantitative estimate of drug-likeness (QED) is 0.595. The van der Waals surface area contributed by atoms with E-state index in [0.29, 0.717) is 0 Å². The number of halogens is 1. The number of aliphatic hydroxyl groups is 2. The Morgan fingerprint density at radius 1 is 1.18 bits per heavy atom. The summed E-state index contributed by atoms with van der Waals surface area (Å²) in [4.78, 5) is 0. The summed E-state index contributed by atoms with van der Waals surface area (Å²) < 4.78 is 12.3. The fourth-order valence-electron chi connectivity index (χ4n) is 0.766. The minimum atomic E-state index is -1.88. The molecule has 0 amide bonds. The van der Waals surface area contributed by atoms with Gasteiger partial charge >= 0.3 is 0 Å². The van der Waals surface area contributed by atoms with E-state index in [4.69, 9.17) is 10.2 Å². The minimum Gasteiger partial charge on any atom is -0.362 e. The van der Waals surface area contributed by atoms with Crippen LogP contribution < -0.4 is 0 Å². The van der Waals surface area contributed by atoms with Crippen LogP contribution in [-0.4, -0.2) is 10.2 Å². The third-order valence-corrected chi connectivity index (χ3v) is 1.39. The lowest BCUT2D eigenvalue weighted by Gasteiger charge is -2.15. The maximum absolute atomic E-state index is 12.3. The highest BCUT2D eigenvalue weighted by Crippen LogP contribution is 2.16. The summed E-state index contributed by atoms with van der Waals surface area (Å²) in [6.07, 6.45) is 0. The maximum atomic E-state index is 12.3. The molecule has 0 aromatic heterocycles. The van der Waals surface area contributed by atoms with E-state index in [1.54, 1.807) is 0 Å². The second kappa shape index (κ2) is 2.60. The normalized spacial score (nSPS) is 11.6. The average Bonchev–Trinajstić information content (AvgIpc) is 1.86. The fraction of sp³-hybridized carbons (Fsp3) is 0.250. The number of rotatable bonds is 1. The third kappa shape index (κ3) is 2.00. The first-order chi connectivity index (χ1) is 5.00. The highest BCUT2D eigenvalue weighted by Gasteiger charge is 2.17. The SMILES string of the molecule is CC(O)(O)c1ccc(F)cc1. The molecule has 60 valence electrons.